The Balaban J connectivity index is 1.57. The molecule has 0 spiro atoms. The summed E-state index contributed by atoms with van der Waals surface area (Å²) in [6.07, 6.45) is 0.738. The number of carboxylic acid groups (broad SMARTS) is 1. The van der Waals surface area contributed by atoms with Gasteiger partial charge >= 0.3 is 5.97 Å². The molecule has 2 N–H and O–H groups in total. The zero-order valence-electron chi connectivity index (χ0n) is 21.5. The number of fused-ring (bicyclic) bond motifs is 1. The molecule has 1 heterocycles. The molecule has 1 aromatic heterocycles. The molecule has 37 heavy (non-hydrogen) atoms. The van der Waals surface area contributed by atoms with Crippen molar-refractivity contribution in [2.75, 3.05) is 19.8 Å². The minimum absolute atomic E-state index is 0.140. The average molecular weight is 505 g/mol. The number of nitrogens with zero attached hydrogens (tertiary/aromatic N) is 1. The highest BCUT2D eigenvalue weighted by molar-refractivity contribution is 5.98. The number of carboxylic acids is 1. The quantitative estimate of drug-likeness (QED) is 0.233. The minimum Gasteiger partial charge on any atom is -0.490 e. The van der Waals surface area contributed by atoms with Gasteiger partial charge in [0.25, 0.3) is 0 Å². The fraction of sp³-hybridized carbons (Fsp3) is 0.300. The summed E-state index contributed by atoms with van der Waals surface area (Å²) in [4.78, 5) is 12.4. The Morgan fingerprint density at radius 3 is 2.49 bits per heavy atom. The van der Waals surface area contributed by atoms with Crippen molar-refractivity contribution in [1.29, 1.82) is 0 Å². The fourth-order valence-electron chi connectivity index (χ4n) is 4.61. The van der Waals surface area contributed by atoms with E-state index in [2.05, 4.69) is 5.32 Å². The lowest BCUT2D eigenvalue weighted by Crippen LogP contribution is -2.19. The summed E-state index contributed by atoms with van der Waals surface area (Å²) in [5.41, 5.74) is 4.21. The number of nitrogens with one attached hydrogen (secondary N) is 1. The SMILES string of the molecule is CCOc1ccc(CCNCc2c(C(=O)O)n(Cc3ccccc3F)c3cc(C)ccc23)cc1OCC. The van der Waals surface area contributed by atoms with E-state index in [9.17, 15) is 14.3 Å². The summed E-state index contributed by atoms with van der Waals surface area (Å²) in [5.74, 6) is 0.0661. The molecule has 0 unspecified atom stereocenters. The molecular formula is C30H33FN2O4. The zero-order chi connectivity index (χ0) is 26.4. The first-order chi connectivity index (χ1) is 17.9. The first-order valence-electron chi connectivity index (χ1n) is 12.6. The van der Waals surface area contributed by atoms with Crippen molar-refractivity contribution in [1.82, 2.24) is 9.88 Å². The highest BCUT2D eigenvalue weighted by Crippen LogP contribution is 2.30. The number of hydrogen-bond donors (Lipinski definition) is 2. The number of hydrogen-bond acceptors (Lipinski definition) is 4. The van der Waals surface area contributed by atoms with Crippen LogP contribution in [0, 0.1) is 12.7 Å². The van der Waals surface area contributed by atoms with Crippen LogP contribution in [0.2, 0.25) is 0 Å². The van der Waals surface area contributed by atoms with Crippen LogP contribution in [0.5, 0.6) is 11.5 Å². The van der Waals surface area contributed by atoms with Crippen LogP contribution in [0.15, 0.2) is 60.7 Å². The van der Waals surface area contributed by atoms with Crippen molar-refractivity contribution < 1.29 is 23.8 Å². The third-order valence-corrected chi connectivity index (χ3v) is 6.31. The van der Waals surface area contributed by atoms with E-state index in [0.29, 0.717) is 37.4 Å². The molecule has 6 nitrogen and oxygen atoms in total. The zero-order valence-corrected chi connectivity index (χ0v) is 21.5. The van der Waals surface area contributed by atoms with Crippen molar-refractivity contribution in [2.45, 2.75) is 40.3 Å². The van der Waals surface area contributed by atoms with Crippen molar-refractivity contribution in [3.8, 4) is 11.5 Å². The van der Waals surface area contributed by atoms with Crippen LogP contribution in [0.1, 0.15) is 46.6 Å². The van der Waals surface area contributed by atoms with Crippen LogP contribution in [0.4, 0.5) is 4.39 Å². The lowest BCUT2D eigenvalue weighted by Gasteiger charge is -2.13. The third-order valence-electron chi connectivity index (χ3n) is 6.31. The average Bonchev–Trinajstić information content (AvgIpc) is 3.17. The second-order valence-corrected chi connectivity index (χ2v) is 8.90. The lowest BCUT2D eigenvalue weighted by atomic mass is 10.1. The van der Waals surface area contributed by atoms with Gasteiger partial charge in [0, 0.05) is 28.6 Å². The summed E-state index contributed by atoms with van der Waals surface area (Å²) in [6, 6.07) is 18.3. The van der Waals surface area contributed by atoms with Crippen molar-refractivity contribution in [2.24, 2.45) is 0 Å². The van der Waals surface area contributed by atoms with Gasteiger partial charge in [0.05, 0.1) is 19.8 Å². The van der Waals surface area contributed by atoms with Gasteiger partial charge in [-0.05, 0) is 69.1 Å². The van der Waals surface area contributed by atoms with E-state index < -0.39 is 5.97 Å². The first kappa shape index (κ1) is 26.2. The minimum atomic E-state index is -1.03. The largest absolute Gasteiger partial charge is 0.490 e. The normalized spacial score (nSPS) is 11.1. The number of halogens is 1. The van der Waals surface area contributed by atoms with E-state index >= 15 is 0 Å². The highest BCUT2D eigenvalue weighted by Gasteiger charge is 2.23. The Labute approximate surface area is 216 Å². The lowest BCUT2D eigenvalue weighted by molar-refractivity contribution is 0.0684. The Bertz CT molecular complexity index is 1400. The molecule has 0 radical (unpaired) electrons. The molecule has 4 aromatic rings. The second-order valence-electron chi connectivity index (χ2n) is 8.90. The standard InChI is InChI=1S/C30H33FN2O4/c1-4-36-27-13-11-21(17-28(27)37-5-2)14-15-32-18-24-23-12-10-20(3)16-26(23)33(29(24)30(34)35)19-22-8-6-7-9-25(22)31/h6-13,16-17,32H,4-5,14-15,18-19H2,1-3H3,(H,34,35). The third kappa shape index (κ3) is 5.94. The van der Waals surface area contributed by atoms with E-state index in [0.717, 1.165) is 39.9 Å². The number of ether oxygens (including phenoxy) is 2. The van der Waals surface area contributed by atoms with Crippen LogP contribution < -0.4 is 14.8 Å². The Hall–Kier alpha value is -3.84. The van der Waals surface area contributed by atoms with Gasteiger partial charge in [0.1, 0.15) is 11.5 Å². The molecule has 3 aromatic carbocycles. The van der Waals surface area contributed by atoms with Crippen LogP contribution in [-0.4, -0.2) is 35.4 Å². The number of benzene rings is 3. The van der Waals surface area contributed by atoms with Gasteiger partial charge in [-0.2, -0.15) is 0 Å². The molecule has 194 valence electrons. The summed E-state index contributed by atoms with van der Waals surface area (Å²) in [7, 11) is 0. The van der Waals surface area contributed by atoms with Crippen LogP contribution >= 0.6 is 0 Å². The predicted molar refractivity (Wildman–Crippen MR) is 143 cm³/mol. The second kappa shape index (κ2) is 11.9. The monoisotopic (exact) mass is 504 g/mol. The number of aryl methyl sites for hydroxylation is 1. The maximum absolute atomic E-state index is 14.5. The maximum Gasteiger partial charge on any atom is 0.352 e. The molecule has 0 amide bonds. The van der Waals surface area contributed by atoms with E-state index in [-0.39, 0.29) is 18.1 Å². The van der Waals surface area contributed by atoms with Crippen LogP contribution in [0.3, 0.4) is 0 Å². The number of rotatable bonds is 12. The van der Waals surface area contributed by atoms with Gasteiger partial charge in [-0.3, -0.25) is 0 Å². The number of aromatic nitrogens is 1. The molecule has 0 atom stereocenters. The summed E-state index contributed by atoms with van der Waals surface area (Å²) >= 11 is 0. The van der Waals surface area contributed by atoms with Gasteiger partial charge in [0.2, 0.25) is 0 Å². The molecular weight excluding hydrogens is 471 g/mol. The van der Waals surface area contributed by atoms with Crippen molar-refractivity contribution in [3.63, 3.8) is 0 Å². The maximum atomic E-state index is 14.5. The highest BCUT2D eigenvalue weighted by atomic mass is 19.1. The molecule has 0 bridgehead atoms. The molecule has 4 rings (SSSR count). The summed E-state index contributed by atoms with van der Waals surface area (Å²) in [5, 5.41) is 14.4. The van der Waals surface area contributed by atoms with Gasteiger partial charge in [-0.1, -0.05) is 36.4 Å². The molecule has 0 saturated carbocycles. The van der Waals surface area contributed by atoms with Crippen LogP contribution in [0.25, 0.3) is 10.9 Å². The summed E-state index contributed by atoms with van der Waals surface area (Å²) < 4.78 is 27.5. The predicted octanol–water partition coefficient (Wildman–Crippen LogP) is 5.97. The topological polar surface area (TPSA) is 72.7 Å². The molecule has 0 saturated heterocycles. The van der Waals surface area contributed by atoms with Gasteiger partial charge in [-0.25, -0.2) is 9.18 Å². The molecule has 7 heteroatoms. The van der Waals surface area contributed by atoms with Crippen molar-refractivity contribution in [3.05, 3.63) is 94.4 Å². The van der Waals surface area contributed by atoms with E-state index in [1.807, 2.05) is 57.2 Å². The number of aromatic carboxylic acids is 1. The van der Waals surface area contributed by atoms with E-state index in [1.165, 1.54) is 6.07 Å². The Morgan fingerprint density at radius 2 is 1.76 bits per heavy atom. The first-order valence-corrected chi connectivity index (χ1v) is 12.6. The van der Waals surface area contributed by atoms with Gasteiger partial charge in [0.15, 0.2) is 11.5 Å². The number of carbonyl (C=O) groups is 1. The molecule has 0 fully saturated rings. The molecule has 0 aliphatic heterocycles. The fourth-order valence-corrected chi connectivity index (χ4v) is 4.61. The smallest absolute Gasteiger partial charge is 0.352 e. The molecule has 0 aliphatic carbocycles. The van der Waals surface area contributed by atoms with E-state index in [4.69, 9.17) is 9.47 Å². The van der Waals surface area contributed by atoms with Gasteiger partial charge < -0.3 is 24.5 Å². The van der Waals surface area contributed by atoms with Gasteiger partial charge in [-0.15, -0.1) is 0 Å². The molecule has 0 aliphatic rings. The summed E-state index contributed by atoms with van der Waals surface area (Å²) in [6.45, 7) is 8.12. The van der Waals surface area contributed by atoms with Crippen LogP contribution in [-0.2, 0) is 19.5 Å². The van der Waals surface area contributed by atoms with E-state index in [1.54, 1.807) is 22.8 Å². The van der Waals surface area contributed by atoms with Crippen molar-refractivity contribution >= 4 is 16.9 Å². The Morgan fingerprint density at radius 1 is 1.00 bits per heavy atom. The Kier molecular flexibility index (Phi) is 8.46.